The zero-order valence-electron chi connectivity index (χ0n) is 11.3. The Morgan fingerprint density at radius 3 is 2.71 bits per heavy atom. The van der Waals surface area contributed by atoms with Gasteiger partial charge in [0, 0.05) is 24.9 Å². The first-order valence-electron chi connectivity index (χ1n) is 6.26. The second-order valence-corrected chi connectivity index (χ2v) is 4.69. The Bertz CT molecular complexity index is 339. The fraction of sp³-hybridized carbons (Fsp3) is 0.692. The van der Waals surface area contributed by atoms with E-state index in [0.29, 0.717) is 0 Å². The van der Waals surface area contributed by atoms with Crippen LogP contribution in [0.3, 0.4) is 0 Å². The van der Waals surface area contributed by atoms with Crippen molar-refractivity contribution >= 4 is 5.82 Å². The monoisotopic (exact) mass is 237 g/mol. The van der Waals surface area contributed by atoms with Gasteiger partial charge in [-0.2, -0.15) is 0 Å². The van der Waals surface area contributed by atoms with Gasteiger partial charge in [-0.1, -0.05) is 13.3 Å². The lowest BCUT2D eigenvalue weighted by Crippen LogP contribution is -2.33. The molecule has 4 heteroatoms. The zero-order chi connectivity index (χ0) is 12.7. The van der Waals surface area contributed by atoms with E-state index in [4.69, 9.17) is 4.74 Å². The van der Waals surface area contributed by atoms with E-state index < -0.39 is 0 Å². The Hall–Kier alpha value is -1.16. The molecule has 1 rings (SSSR count). The van der Waals surface area contributed by atoms with Crippen molar-refractivity contribution < 1.29 is 4.74 Å². The van der Waals surface area contributed by atoms with Crippen molar-refractivity contribution in [2.45, 2.75) is 46.1 Å². The van der Waals surface area contributed by atoms with Gasteiger partial charge < -0.3 is 10.1 Å². The second kappa shape index (κ2) is 6.55. The van der Waals surface area contributed by atoms with E-state index in [-0.39, 0.29) is 5.60 Å². The van der Waals surface area contributed by atoms with Crippen LogP contribution in [0.1, 0.15) is 39.8 Å². The zero-order valence-corrected chi connectivity index (χ0v) is 11.3. The molecule has 0 unspecified atom stereocenters. The number of aryl methyl sites for hydroxylation is 1. The van der Waals surface area contributed by atoms with Crippen molar-refractivity contribution in [2.24, 2.45) is 0 Å². The van der Waals surface area contributed by atoms with Gasteiger partial charge in [-0.15, -0.1) is 0 Å². The Morgan fingerprint density at radius 1 is 1.29 bits per heavy atom. The molecule has 0 saturated carbocycles. The highest BCUT2D eigenvalue weighted by atomic mass is 16.5. The molecule has 1 heterocycles. The van der Waals surface area contributed by atoms with Crippen molar-refractivity contribution in [3.63, 3.8) is 0 Å². The van der Waals surface area contributed by atoms with Crippen LogP contribution in [-0.2, 0) is 11.2 Å². The molecule has 0 atom stereocenters. The summed E-state index contributed by atoms with van der Waals surface area (Å²) in [6, 6.07) is 2.01. The summed E-state index contributed by atoms with van der Waals surface area (Å²) in [6.45, 7) is 9.75. The maximum atomic E-state index is 5.62. The van der Waals surface area contributed by atoms with Gasteiger partial charge in [0.2, 0.25) is 0 Å². The number of hydrogen-bond acceptors (Lipinski definition) is 4. The van der Waals surface area contributed by atoms with Crippen LogP contribution >= 0.6 is 0 Å². The lowest BCUT2D eigenvalue weighted by atomic mass is 10.1. The fourth-order valence-corrected chi connectivity index (χ4v) is 1.63. The number of anilines is 1. The van der Waals surface area contributed by atoms with Gasteiger partial charge in [0.05, 0.1) is 5.60 Å². The van der Waals surface area contributed by atoms with Gasteiger partial charge in [0.1, 0.15) is 12.1 Å². The average Bonchev–Trinajstić information content (AvgIpc) is 2.28. The smallest absolute Gasteiger partial charge is 0.129 e. The van der Waals surface area contributed by atoms with Crippen LogP contribution < -0.4 is 5.32 Å². The van der Waals surface area contributed by atoms with Crippen LogP contribution in [0.25, 0.3) is 0 Å². The molecule has 0 aliphatic rings. The minimum absolute atomic E-state index is 0.176. The van der Waals surface area contributed by atoms with Crippen molar-refractivity contribution in [1.82, 2.24) is 9.97 Å². The van der Waals surface area contributed by atoms with E-state index >= 15 is 0 Å². The van der Waals surface area contributed by atoms with E-state index in [1.54, 1.807) is 6.33 Å². The Kier molecular flexibility index (Phi) is 5.35. The van der Waals surface area contributed by atoms with Gasteiger partial charge in [0.15, 0.2) is 0 Å². The molecule has 1 N–H and O–H groups in total. The second-order valence-electron chi connectivity index (χ2n) is 4.69. The van der Waals surface area contributed by atoms with Crippen LogP contribution in [0.4, 0.5) is 5.82 Å². The van der Waals surface area contributed by atoms with Gasteiger partial charge in [0.25, 0.3) is 0 Å². The summed E-state index contributed by atoms with van der Waals surface area (Å²) in [5, 5.41) is 3.29. The molecule has 1 aromatic rings. The predicted octanol–water partition coefficient (Wildman–Crippen LogP) is 2.66. The molecular weight excluding hydrogens is 214 g/mol. The molecule has 0 bridgehead atoms. The number of nitrogens with one attached hydrogen (secondary N) is 1. The fourth-order valence-electron chi connectivity index (χ4n) is 1.63. The topological polar surface area (TPSA) is 47.0 Å². The van der Waals surface area contributed by atoms with E-state index in [1.807, 2.05) is 13.0 Å². The normalized spacial score (nSPS) is 11.5. The predicted molar refractivity (Wildman–Crippen MR) is 70.2 cm³/mol. The molecule has 0 aliphatic carbocycles. The molecule has 0 aromatic carbocycles. The SMILES string of the molecule is CCCc1cc(NCC(C)(C)OCC)ncn1. The third kappa shape index (κ3) is 5.13. The molecule has 0 aliphatic heterocycles. The molecule has 4 nitrogen and oxygen atoms in total. The molecule has 0 radical (unpaired) electrons. The highest BCUT2D eigenvalue weighted by molar-refractivity contribution is 5.35. The van der Waals surface area contributed by atoms with E-state index in [2.05, 4.69) is 36.1 Å². The molecule has 0 spiro atoms. The summed E-state index contributed by atoms with van der Waals surface area (Å²) < 4.78 is 5.62. The minimum Gasteiger partial charge on any atom is -0.374 e. The van der Waals surface area contributed by atoms with Gasteiger partial charge in [-0.25, -0.2) is 9.97 Å². The van der Waals surface area contributed by atoms with Crippen LogP contribution in [0, 0.1) is 0 Å². The molecule has 1 aromatic heterocycles. The lowest BCUT2D eigenvalue weighted by Gasteiger charge is -2.25. The van der Waals surface area contributed by atoms with E-state index in [1.165, 1.54) is 0 Å². The quantitative estimate of drug-likeness (QED) is 0.792. The van der Waals surface area contributed by atoms with Crippen molar-refractivity contribution in [3.8, 4) is 0 Å². The third-order valence-electron chi connectivity index (χ3n) is 2.46. The molecule has 0 fully saturated rings. The standard InChI is InChI=1S/C13H23N3O/c1-5-7-11-8-12(16-10-15-11)14-9-13(3,4)17-6-2/h8,10H,5-7,9H2,1-4H3,(H,14,15,16). The summed E-state index contributed by atoms with van der Waals surface area (Å²) in [7, 11) is 0. The number of hydrogen-bond donors (Lipinski definition) is 1. The average molecular weight is 237 g/mol. The van der Waals surface area contributed by atoms with Crippen molar-refractivity contribution in [1.29, 1.82) is 0 Å². The first-order valence-corrected chi connectivity index (χ1v) is 6.26. The first kappa shape index (κ1) is 13.9. The Labute approximate surface area is 104 Å². The van der Waals surface area contributed by atoms with Crippen LogP contribution in [0.15, 0.2) is 12.4 Å². The number of aromatic nitrogens is 2. The van der Waals surface area contributed by atoms with Crippen LogP contribution in [-0.4, -0.2) is 28.7 Å². The molecule has 96 valence electrons. The van der Waals surface area contributed by atoms with Crippen molar-refractivity contribution in [2.75, 3.05) is 18.5 Å². The third-order valence-corrected chi connectivity index (χ3v) is 2.46. The van der Waals surface area contributed by atoms with Gasteiger partial charge >= 0.3 is 0 Å². The molecule has 17 heavy (non-hydrogen) atoms. The van der Waals surface area contributed by atoms with E-state index in [9.17, 15) is 0 Å². The number of ether oxygens (including phenoxy) is 1. The first-order chi connectivity index (χ1) is 8.07. The highest BCUT2D eigenvalue weighted by Gasteiger charge is 2.17. The van der Waals surface area contributed by atoms with Gasteiger partial charge in [-0.05, 0) is 27.2 Å². The molecule has 0 saturated heterocycles. The summed E-state index contributed by atoms with van der Waals surface area (Å²) in [6.07, 6.45) is 3.70. The minimum atomic E-state index is -0.176. The molecule has 0 amide bonds. The molecular formula is C13H23N3O. The number of nitrogens with zero attached hydrogens (tertiary/aromatic N) is 2. The van der Waals surface area contributed by atoms with Crippen molar-refractivity contribution in [3.05, 3.63) is 18.1 Å². The Morgan fingerprint density at radius 2 is 2.06 bits per heavy atom. The lowest BCUT2D eigenvalue weighted by molar-refractivity contribution is 0.000639. The van der Waals surface area contributed by atoms with Crippen LogP contribution in [0.5, 0.6) is 0 Å². The van der Waals surface area contributed by atoms with Crippen LogP contribution in [0.2, 0.25) is 0 Å². The van der Waals surface area contributed by atoms with E-state index in [0.717, 1.165) is 37.5 Å². The largest absolute Gasteiger partial charge is 0.374 e. The summed E-state index contributed by atoms with van der Waals surface area (Å²) in [4.78, 5) is 8.43. The number of rotatable bonds is 7. The maximum absolute atomic E-state index is 5.62. The highest BCUT2D eigenvalue weighted by Crippen LogP contribution is 2.11. The maximum Gasteiger partial charge on any atom is 0.129 e. The summed E-state index contributed by atoms with van der Waals surface area (Å²) >= 11 is 0. The summed E-state index contributed by atoms with van der Waals surface area (Å²) in [5.74, 6) is 0.872. The summed E-state index contributed by atoms with van der Waals surface area (Å²) in [5.41, 5.74) is 0.907. The Balaban J connectivity index is 2.53. The van der Waals surface area contributed by atoms with Gasteiger partial charge in [-0.3, -0.25) is 0 Å².